The molecule has 20 atom stereocenters. The maximum atomic E-state index is 13.8. The van der Waals surface area contributed by atoms with Crippen molar-refractivity contribution in [1.82, 2.24) is 19.6 Å². The Kier molecular flexibility index (Phi) is 12.4. The van der Waals surface area contributed by atoms with Crippen LogP contribution in [0.4, 0.5) is 0 Å². The van der Waals surface area contributed by atoms with Crippen LogP contribution < -0.4 is 60.8 Å². The molecule has 8 N–H and O–H groups in total. The van der Waals surface area contributed by atoms with E-state index in [0.717, 1.165) is 31.3 Å². The summed E-state index contributed by atoms with van der Waals surface area (Å²) in [5.74, 6) is -56.7. The second-order valence-corrected chi connectivity index (χ2v) is 26.8. The molecular formula is C96H152N8O16. The molecule has 0 spiro atoms. The van der Waals surface area contributed by atoms with Crippen LogP contribution in [-0.2, 0) is 63.8 Å². The minimum Gasteiger partial charge on any atom is -0.493 e. The van der Waals surface area contributed by atoms with E-state index in [9.17, 15) is 42.5 Å². The maximum absolute atomic E-state index is 13.8. The zero-order chi connectivity index (χ0) is 160. The number of ether oxygens (including phenoxy) is 12. The molecular weight excluding hydrogens is 1520 g/mol. The van der Waals surface area contributed by atoms with Crippen LogP contribution in [0, 0.1) is 70.8 Å². The Bertz CT molecular complexity index is 7590. The van der Waals surface area contributed by atoms with Crippen molar-refractivity contribution >= 4 is 23.9 Å². The van der Waals surface area contributed by atoms with E-state index < -0.39 is 408 Å². The number of carbonyl (C=O) groups is 4. The summed E-state index contributed by atoms with van der Waals surface area (Å²) in [6.45, 7) is -59.0. The van der Waals surface area contributed by atoms with E-state index >= 15 is 0 Å². The molecule has 0 amide bonds. The minimum absolute atomic E-state index is 0.0219. The summed E-state index contributed by atoms with van der Waals surface area (Å²) in [6, 6.07) is -19.7. The number of hydrogen-bond donors (Lipinski definition) is 4. The van der Waals surface area contributed by atoms with Crippen LogP contribution in [0.15, 0.2) is 48.5 Å². The quantitative estimate of drug-likeness (QED) is 0.0303. The molecule has 0 saturated carbocycles. The van der Waals surface area contributed by atoms with Gasteiger partial charge in [-0.2, -0.15) is 0 Å². The highest BCUT2D eigenvalue weighted by atomic mass is 16.6. The molecule has 0 aromatic heterocycles. The van der Waals surface area contributed by atoms with E-state index in [1.807, 2.05) is 0 Å². The molecule has 120 heavy (non-hydrogen) atoms. The highest BCUT2D eigenvalue weighted by molar-refractivity contribution is 5.77. The van der Waals surface area contributed by atoms with Gasteiger partial charge in [-0.15, -0.1) is 0 Å². The summed E-state index contributed by atoms with van der Waals surface area (Å²) in [7, 11) is 0.861. The van der Waals surface area contributed by atoms with Crippen molar-refractivity contribution in [3.8, 4) is 46.0 Å². The molecule has 0 radical (unpaired) electrons. The first-order valence-electron chi connectivity index (χ1n) is 77.5. The predicted molar refractivity (Wildman–Crippen MR) is 471 cm³/mol. The van der Waals surface area contributed by atoms with Gasteiger partial charge in [0.2, 0.25) is 0 Å². The monoisotopic (exact) mass is 1760 g/mol. The van der Waals surface area contributed by atoms with Gasteiger partial charge >= 0.3 is 23.9 Å². The average molecular weight is 1760 g/mol. The number of nitrogens with zero attached hydrogens (tertiary/aromatic N) is 4. The van der Waals surface area contributed by atoms with Crippen molar-refractivity contribution in [3.05, 3.63) is 93.0 Å². The molecule has 4 aromatic carbocycles. The summed E-state index contributed by atoms with van der Waals surface area (Å²) < 4.78 is 752. The van der Waals surface area contributed by atoms with Gasteiger partial charge in [-0.1, -0.05) is 110 Å². The Balaban J connectivity index is 0.000000293. The van der Waals surface area contributed by atoms with Crippen LogP contribution in [0.3, 0.4) is 0 Å². The highest BCUT2D eigenvalue weighted by Gasteiger charge is 2.47. The summed E-state index contributed by atoms with van der Waals surface area (Å²) in [5, 5.41) is 0. The molecule has 4 saturated heterocycles. The molecule has 4 aromatic rings. The lowest BCUT2D eigenvalue weighted by Crippen LogP contribution is -2.51. The summed E-state index contributed by atoms with van der Waals surface area (Å²) in [4.78, 5) is 57.9. The number of rotatable bonds is 28. The molecule has 4 fully saturated rings. The molecule has 672 valence electrons. The second kappa shape index (κ2) is 43.9. The number of carbonyl (C=O) groups excluding carboxylic acids is 4. The van der Waals surface area contributed by atoms with Gasteiger partial charge in [-0.25, -0.2) is 0 Å². The molecule has 16 unspecified atom stereocenters. The lowest BCUT2D eigenvalue weighted by Gasteiger charge is -2.47. The van der Waals surface area contributed by atoms with Gasteiger partial charge in [-0.3, -0.25) is 38.8 Å². The topological polar surface area (TPSA) is 296 Å². The van der Waals surface area contributed by atoms with Crippen LogP contribution in [0.2, 0.25) is 0 Å². The van der Waals surface area contributed by atoms with E-state index in [4.69, 9.17) is 170 Å². The standard InChI is InChI=1S/4C24H38N2O4/c4*1-14(2)9-17-13-26-8-7-16-10-21(28-5)22(29-6)11-18(16)19(26)12-20(17)30-24(27)23(25)15(3)4/h4*10-11,14-15,17,19-20,23H,7-9,12-13,25H2,1-6H3/t4*17?,19?,20?,23-/m0000/s1/i1D3,3D3,4D3,5D3,7D2,9D2,10D,11D,14D,15D,19D,20D,23D;1D3,3D3,4D3,5D3,9D2,12D2,13D2,14D,15D,17D,23D;2*1D3,3D3,4D3,9D2,12D2,13D2,14D,15D,17D,23D/t4*14?,17?,19?,20?,23-. The van der Waals surface area contributed by atoms with Gasteiger partial charge in [0.05, 0.1) is 75.9 Å². The Morgan fingerprint density at radius 3 is 1.09 bits per heavy atom. The van der Waals surface area contributed by atoms with Crippen molar-refractivity contribution in [3.63, 3.8) is 0 Å². The van der Waals surface area contributed by atoms with Crippen LogP contribution >= 0.6 is 0 Å². The lowest BCUT2D eigenvalue weighted by molar-refractivity contribution is -0.161. The van der Waals surface area contributed by atoms with Gasteiger partial charge in [0.25, 0.3) is 0 Å². The fraction of sp³-hybridized carbons (Fsp3) is 0.708. The first-order chi connectivity index (χ1) is 89.1. The smallest absolute Gasteiger partial charge is 0.323 e. The van der Waals surface area contributed by atoms with Crippen molar-refractivity contribution < 1.29 is 190 Å². The molecule has 0 aliphatic carbocycles. The number of fused-ring (bicyclic) bond motifs is 12. The largest absolute Gasteiger partial charge is 0.493 e. The first kappa shape index (κ1) is 34.0. The molecule has 12 rings (SSSR count). The second-order valence-electron chi connectivity index (χ2n) is 26.8. The van der Waals surface area contributed by atoms with Crippen molar-refractivity contribution in [2.45, 2.75) is 259 Å². The summed E-state index contributed by atoms with van der Waals surface area (Å²) in [6.07, 6.45) is -43.7. The summed E-state index contributed by atoms with van der Waals surface area (Å²) >= 11 is 0. The SMILES string of the molecule is [2H]C([2H])([2H])Oc1cc2c(cc1OC)C1N(CC2)C([2H])([2H])C([2H])(C([2H])([2H])C([2H])(C)C([2H])([2H])[2H])C(OC(=O)[C@@]([2H])(N)C([2H])(C([2H])([2H])[2H])C([2H])([2H])[2H])C1([2H])[2H].[2H]C1([2H])C2c3cc(OC)c(OC)cc3CCN2C([2H])([2H])C([2H])(C([2H])([2H])C([2H])(C)C([2H])([2H])[2H])C1OC(=O)[C@@]([2H])(N)C([2H])(C([2H])([2H])[2H])C([2H])([2H])[2H].[2H]C1([2H])C2c3cc(OC)c(OC)cc3CCN2C([2H])([2H])C([2H])(C([2H])([2H])C([2H])(C)C([2H])([2H])[2H])C1OC(=O)[C@@]([2H])(N)C([2H])(C([2H])([2H])[2H])C([2H])([2H])[2H].[2H]c1c(OC([2H])([2H])[2H])c(OC)c([2H])c2c1C([2H])([2H])CN1CC(C([2H])([2H])C([2H])(C)C([2H])([2H])[2H])C([2H])(OC(=O)[C@@]([2H])(N)C([2H])(C([2H])([2H])[2H])C([2H])([2H])[2H])CC21[2H]. The van der Waals surface area contributed by atoms with E-state index in [1.54, 1.807) is 0 Å². The normalized spacial score (nSPS) is 46.4. The lowest BCUT2D eigenvalue weighted by atomic mass is 9.79. The average Bonchev–Trinajstić information content (AvgIpc) is 0.663. The zero-order valence-corrected chi connectivity index (χ0v) is 66.5. The Morgan fingerprint density at radius 2 is 0.750 bits per heavy atom. The molecule has 8 heterocycles. The Labute approximate surface area is 835 Å². The van der Waals surface area contributed by atoms with E-state index in [1.165, 1.54) is 52.7 Å². The van der Waals surface area contributed by atoms with Gasteiger partial charge in [0, 0.05) is 220 Å². The summed E-state index contributed by atoms with van der Waals surface area (Å²) in [5.41, 5.74) is 21.5. The Hall–Kier alpha value is -7.16. The fourth-order valence-electron chi connectivity index (χ4n) is 13.2. The fourth-order valence-corrected chi connectivity index (χ4v) is 13.2. The number of benzene rings is 4. The van der Waals surface area contributed by atoms with Crippen LogP contribution in [0.25, 0.3) is 0 Å². The minimum atomic E-state index is -4.24. The molecule has 0 bridgehead atoms. The number of nitrogens with two attached hydrogens (primary N) is 4. The van der Waals surface area contributed by atoms with Crippen LogP contribution in [-0.4, -0.2) is 201 Å². The third-order valence-corrected chi connectivity index (χ3v) is 18.7. The molecule has 24 nitrogen and oxygen atoms in total. The maximum Gasteiger partial charge on any atom is 0.323 e. The van der Waals surface area contributed by atoms with E-state index in [2.05, 4.69) is 0 Å². The molecule has 8 aliphatic heterocycles. The zero-order valence-electron chi connectivity index (χ0n) is 149. The van der Waals surface area contributed by atoms with Gasteiger partial charge in [0.15, 0.2) is 46.0 Å². The third kappa shape index (κ3) is 23.8. The number of methoxy groups -OCH3 is 8. The van der Waals surface area contributed by atoms with E-state index in [-0.39, 0.29) is 76.0 Å². The number of hydrogen-bond acceptors (Lipinski definition) is 24. The van der Waals surface area contributed by atoms with Gasteiger partial charge < -0.3 is 79.8 Å². The molecule has 8 aliphatic rings. The van der Waals surface area contributed by atoms with E-state index in [0.29, 0.717) is 53.5 Å². The van der Waals surface area contributed by atoms with Crippen molar-refractivity contribution in [1.29, 1.82) is 0 Å². The first-order valence-corrected chi connectivity index (χ1v) is 36.0. The van der Waals surface area contributed by atoms with Gasteiger partial charge in [-0.05, 0) is 191 Å². The van der Waals surface area contributed by atoms with Crippen molar-refractivity contribution in [2.75, 3.05) is 109 Å². The number of piperidine rings is 4. The van der Waals surface area contributed by atoms with Crippen LogP contribution in [0.1, 0.15) is 343 Å². The Morgan fingerprint density at radius 1 is 0.425 bits per heavy atom. The van der Waals surface area contributed by atoms with Crippen LogP contribution in [0.5, 0.6) is 46.0 Å². The number of esters is 4. The molecule has 24 heteroatoms. The predicted octanol–water partition coefficient (Wildman–Crippen LogP) is 14.3. The van der Waals surface area contributed by atoms with Gasteiger partial charge in [0.1, 0.15) is 48.5 Å². The van der Waals surface area contributed by atoms with Crippen molar-refractivity contribution in [2.24, 2.45) is 93.7 Å². The third-order valence-electron chi connectivity index (χ3n) is 18.7. The highest BCUT2D eigenvalue weighted by Crippen LogP contribution is 2.50.